The van der Waals surface area contributed by atoms with Crippen molar-refractivity contribution in [3.8, 4) is 5.75 Å². The fraction of sp³-hybridized carbons (Fsp3) is 0.429. The maximum atomic E-state index is 12.3. The van der Waals surface area contributed by atoms with Crippen molar-refractivity contribution in [1.29, 1.82) is 0 Å². The number of ether oxygens (including phenoxy) is 1. The van der Waals surface area contributed by atoms with Crippen molar-refractivity contribution in [2.45, 2.75) is 58.1 Å². The van der Waals surface area contributed by atoms with E-state index in [-0.39, 0.29) is 30.3 Å². The molecule has 0 atom stereocenters. The summed E-state index contributed by atoms with van der Waals surface area (Å²) in [5.74, 6) is 0.355. The second kappa shape index (κ2) is 8.46. The largest absolute Gasteiger partial charge is 0.485 e. The molecule has 0 saturated heterocycles. The molecule has 8 nitrogen and oxygen atoms in total. The second-order valence-corrected chi connectivity index (χ2v) is 7.37. The van der Waals surface area contributed by atoms with Crippen molar-refractivity contribution in [3.63, 3.8) is 0 Å². The molecule has 1 aliphatic carbocycles. The van der Waals surface area contributed by atoms with E-state index in [2.05, 4.69) is 15.5 Å². The molecule has 1 aromatic carbocycles. The Kier molecular flexibility index (Phi) is 5.59. The van der Waals surface area contributed by atoms with E-state index < -0.39 is 5.63 Å². The maximum Gasteiger partial charge on any atom is 0.336 e. The van der Waals surface area contributed by atoms with E-state index in [0.717, 1.165) is 36.6 Å². The minimum absolute atomic E-state index is 0.0295. The van der Waals surface area contributed by atoms with Crippen LogP contribution in [-0.2, 0) is 6.61 Å². The maximum absolute atomic E-state index is 12.3. The van der Waals surface area contributed by atoms with Crippen molar-refractivity contribution in [3.05, 3.63) is 52.0 Å². The predicted molar refractivity (Wildman–Crippen MR) is 105 cm³/mol. The zero-order chi connectivity index (χ0) is 20.2. The molecular weight excluding hydrogens is 374 g/mol. The summed E-state index contributed by atoms with van der Waals surface area (Å²) >= 11 is 0. The van der Waals surface area contributed by atoms with E-state index in [1.165, 1.54) is 18.9 Å². The van der Waals surface area contributed by atoms with Crippen molar-refractivity contribution in [2.75, 3.05) is 0 Å². The van der Waals surface area contributed by atoms with Crippen LogP contribution in [0.3, 0.4) is 0 Å². The number of aryl methyl sites for hydroxylation is 1. The van der Waals surface area contributed by atoms with Crippen LogP contribution in [0, 0.1) is 6.92 Å². The molecule has 0 radical (unpaired) electrons. The SMILES string of the molecule is Cc1cc(=O)oc2cc(OCc3noc(C(=O)NC4CCCCCC4)n3)ccc12. The number of benzene rings is 1. The number of rotatable bonds is 5. The molecule has 1 fully saturated rings. The fourth-order valence-electron chi connectivity index (χ4n) is 3.62. The minimum Gasteiger partial charge on any atom is -0.485 e. The van der Waals surface area contributed by atoms with Crippen molar-refractivity contribution in [2.24, 2.45) is 0 Å². The van der Waals surface area contributed by atoms with Gasteiger partial charge in [0, 0.05) is 23.6 Å². The molecule has 2 heterocycles. The lowest BCUT2D eigenvalue weighted by molar-refractivity contribution is 0.0889. The third-order valence-electron chi connectivity index (χ3n) is 5.14. The van der Waals surface area contributed by atoms with Gasteiger partial charge in [-0.15, -0.1) is 0 Å². The molecule has 0 unspecified atom stereocenters. The van der Waals surface area contributed by atoms with E-state index >= 15 is 0 Å². The van der Waals surface area contributed by atoms with Gasteiger partial charge in [0.2, 0.25) is 5.82 Å². The lowest BCUT2D eigenvalue weighted by Crippen LogP contribution is -2.34. The van der Waals surface area contributed by atoms with E-state index in [9.17, 15) is 9.59 Å². The summed E-state index contributed by atoms with van der Waals surface area (Å²) in [4.78, 5) is 28.0. The highest BCUT2D eigenvalue weighted by Gasteiger charge is 2.20. The molecule has 0 aliphatic heterocycles. The van der Waals surface area contributed by atoms with Gasteiger partial charge >= 0.3 is 17.4 Å². The molecule has 152 valence electrons. The first kappa shape index (κ1) is 19.2. The van der Waals surface area contributed by atoms with Crippen molar-refractivity contribution < 1.29 is 18.5 Å². The van der Waals surface area contributed by atoms with Gasteiger partial charge in [0.15, 0.2) is 6.61 Å². The number of carbonyl (C=O) groups is 1. The van der Waals surface area contributed by atoms with Gasteiger partial charge in [-0.1, -0.05) is 30.8 Å². The Hall–Kier alpha value is -3.16. The van der Waals surface area contributed by atoms with Gasteiger partial charge in [-0.05, 0) is 37.5 Å². The summed E-state index contributed by atoms with van der Waals surface area (Å²) in [6, 6.07) is 6.85. The van der Waals surface area contributed by atoms with Crippen LogP contribution in [0.2, 0.25) is 0 Å². The number of carbonyl (C=O) groups excluding carboxylic acids is 1. The van der Waals surface area contributed by atoms with Crippen LogP contribution in [-0.4, -0.2) is 22.1 Å². The molecule has 29 heavy (non-hydrogen) atoms. The molecule has 1 N–H and O–H groups in total. The van der Waals surface area contributed by atoms with Crippen LogP contribution in [0.4, 0.5) is 0 Å². The highest BCUT2D eigenvalue weighted by atomic mass is 16.5. The molecule has 1 saturated carbocycles. The Balaban J connectivity index is 1.38. The monoisotopic (exact) mass is 397 g/mol. The molecule has 1 aliphatic rings. The minimum atomic E-state index is -0.408. The van der Waals surface area contributed by atoms with Crippen LogP contribution in [0.25, 0.3) is 11.0 Å². The first-order chi connectivity index (χ1) is 14.1. The van der Waals surface area contributed by atoms with Crippen LogP contribution >= 0.6 is 0 Å². The summed E-state index contributed by atoms with van der Waals surface area (Å²) in [7, 11) is 0. The van der Waals surface area contributed by atoms with Gasteiger partial charge in [-0.3, -0.25) is 4.79 Å². The van der Waals surface area contributed by atoms with Gasteiger partial charge in [-0.2, -0.15) is 4.98 Å². The standard InChI is InChI=1S/C21H23N3O5/c1-13-10-19(25)28-17-11-15(8-9-16(13)17)27-12-18-23-21(29-24-18)20(26)22-14-6-4-2-3-5-7-14/h8-11,14H,2-7,12H2,1H3,(H,22,26). The third kappa shape index (κ3) is 4.64. The van der Waals surface area contributed by atoms with Crippen molar-refractivity contribution >= 4 is 16.9 Å². The second-order valence-electron chi connectivity index (χ2n) is 7.37. The van der Waals surface area contributed by atoms with Crippen LogP contribution in [0.15, 0.2) is 38.0 Å². The number of hydrogen-bond acceptors (Lipinski definition) is 7. The normalized spacial score (nSPS) is 15.2. The van der Waals surface area contributed by atoms with E-state index in [1.54, 1.807) is 12.1 Å². The molecular formula is C21H23N3O5. The van der Waals surface area contributed by atoms with Gasteiger partial charge in [0.05, 0.1) is 0 Å². The Labute approximate surface area is 167 Å². The Bertz CT molecular complexity index is 1060. The van der Waals surface area contributed by atoms with Gasteiger partial charge in [0.25, 0.3) is 0 Å². The molecule has 2 aromatic heterocycles. The summed E-state index contributed by atoms with van der Waals surface area (Å²) in [5, 5.41) is 7.63. The zero-order valence-corrected chi connectivity index (χ0v) is 16.3. The Morgan fingerprint density at radius 1 is 1.21 bits per heavy atom. The van der Waals surface area contributed by atoms with Crippen LogP contribution in [0.5, 0.6) is 5.75 Å². The molecule has 4 rings (SSSR count). The predicted octanol–water partition coefficient (Wildman–Crippen LogP) is 3.52. The Morgan fingerprint density at radius 2 is 2.00 bits per heavy atom. The quantitative estimate of drug-likeness (QED) is 0.518. The number of amides is 1. The lowest BCUT2D eigenvalue weighted by atomic mass is 10.1. The van der Waals surface area contributed by atoms with E-state index in [0.29, 0.717) is 11.3 Å². The molecule has 0 bridgehead atoms. The van der Waals surface area contributed by atoms with E-state index in [1.807, 2.05) is 13.0 Å². The van der Waals surface area contributed by atoms with Crippen LogP contribution < -0.4 is 15.7 Å². The van der Waals surface area contributed by atoms with Gasteiger partial charge in [-0.25, -0.2) is 4.79 Å². The molecule has 1 amide bonds. The smallest absolute Gasteiger partial charge is 0.336 e. The van der Waals surface area contributed by atoms with Gasteiger partial charge < -0.3 is 19.0 Å². The Morgan fingerprint density at radius 3 is 2.79 bits per heavy atom. The highest BCUT2D eigenvalue weighted by Crippen LogP contribution is 2.23. The number of fused-ring (bicyclic) bond motifs is 1. The first-order valence-corrected chi connectivity index (χ1v) is 9.89. The zero-order valence-electron chi connectivity index (χ0n) is 16.3. The van der Waals surface area contributed by atoms with Gasteiger partial charge in [0.1, 0.15) is 11.3 Å². The fourth-order valence-corrected chi connectivity index (χ4v) is 3.62. The number of hydrogen-bond donors (Lipinski definition) is 1. The number of nitrogens with zero attached hydrogens (tertiary/aromatic N) is 2. The number of aromatic nitrogens is 2. The molecule has 3 aromatic rings. The average Bonchev–Trinajstić information content (AvgIpc) is 3.03. The van der Waals surface area contributed by atoms with Crippen molar-refractivity contribution in [1.82, 2.24) is 15.5 Å². The van der Waals surface area contributed by atoms with Crippen LogP contribution in [0.1, 0.15) is 60.6 Å². The average molecular weight is 397 g/mol. The summed E-state index contributed by atoms with van der Waals surface area (Å²) in [6.07, 6.45) is 6.64. The molecule has 8 heteroatoms. The first-order valence-electron chi connectivity index (χ1n) is 9.89. The van der Waals surface area contributed by atoms with E-state index in [4.69, 9.17) is 13.7 Å². The summed E-state index contributed by atoms with van der Waals surface area (Å²) < 4.78 is 16.0. The topological polar surface area (TPSA) is 107 Å². The summed E-state index contributed by atoms with van der Waals surface area (Å²) in [6.45, 7) is 1.88. The lowest BCUT2D eigenvalue weighted by Gasteiger charge is -2.14. The number of nitrogens with one attached hydrogen (secondary N) is 1. The highest BCUT2D eigenvalue weighted by molar-refractivity contribution is 5.89. The summed E-state index contributed by atoms with van der Waals surface area (Å²) in [5.41, 5.74) is 0.879. The molecule has 0 spiro atoms. The third-order valence-corrected chi connectivity index (χ3v) is 5.14.